The van der Waals surface area contributed by atoms with Gasteiger partial charge >= 0.3 is 5.97 Å². The predicted octanol–water partition coefficient (Wildman–Crippen LogP) is 1.81. The van der Waals surface area contributed by atoms with Gasteiger partial charge in [-0.2, -0.15) is 5.10 Å². The smallest absolute Gasteiger partial charge is 0.330 e. The van der Waals surface area contributed by atoms with Crippen LogP contribution in [0.1, 0.15) is 10.4 Å². The van der Waals surface area contributed by atoms with Gasteiger partial charge in [-0.15, -0.1) is 0 Å². The Bertz CT molecular complexity index is 1000. The number of nitrogens with zero attached hydrogens (tertiary/aromatic N) is 2. The number of ether oxygens (including phenoxy) is 2. The molecule has 1 heterocycles. The Hall–Kier alpha value is -3.65. The summed E-state index contributed by atoms with van der Waals surface area (Å²) < 4.78 is 11.6. The van der Waals surface area contributed by atoms with E-state index < -0.39 is 24.5 Å². The van der Waals surface area contributed by atoms with Crippen molar-refractivity contribution in [3.63, 3.8) is 0 Å². The largest absolute Gasteiger partial charge is 0.496 e. The highest BCUT2D eigenvalue weighted by molar-refractivity contribution is 6.02. The van der Waals surface area contributed by atoms with Crippen molar-refractivity contribution < 1.29 is 24.2 Å². The molecule has 29 heavy (non-hydrogen) atoms. The van der Waals surface area contributed by atoms with Gasteiger partial charge in [0.2, 0.25) is 0 Å². The van der Waals surface area contributed by atoms with Crippen LogP contribution in [0.5, 0.6) is 5.75 Å². The van der Waals surface area contributed by atoms with Gasteiger partial charge in [0.25, 0.3) is 5.91 Å². The summed E-state index contributed by atoms with van der Waals surface area (Å²) in [5.41, 5.74) is 1.98. The second-order valence-electron chi connectivity index (χ2n) is 6.10. The standard InChI is InChI=1S/C21H21N3O5/c1-28-18-11-7-6-10-15(18)19-16(20(26)22-17(13-25)21(27)29-2)12-24(23-19)14-8-4-3-5-9-14/h3-12,17,25H,13H2,1-2H3,(H,22,26)/t17-/m1/s1. The third-order valence-corrected chi connectivity index (χ3v) is 4.32. The van der Waals surface area contributed by atoms with Crippen LogP contribution in [0, 0.1) is 0 Å². The molecule has 0 spiro atoms. The molecule has 2 aromatic carbocycles. The Morgan fingerprint density at radius 3 is 2.45 bits per heavy atom. The van der Waals surface area contributed by atoms with E-state index >= 15 is 0 Å². The summed E-state index contributed by atoms with van der Waals surface area (Å²) in [4.78, 5) is 24.7. The van der Waals surface area contributed by atoms with Crippen LogP contribution in [0.25, 0.3) is 16.9 Å². The molecule has 150 valence electrons. The van der Waals surface area contributed by atoms with Gasteiger partial charge in [-0.3, -0.25) is 4.79 Å². The molecule has 0 saturated carbocycles. The minimum atomic E-state index is -1.18. The van der Waals surface area contributed by atoms with Crippen molar-refractivity contribution in [2.24, 2.45) is 0 Å². The highest BCUT2D eigenvalue weighted by Gasteiger charge is 2.26. The number of carbonyl (C=O) groups is 2. The summed E-state index contributed by atoms with van der Waals surface area (Å²) in [7, 11) is 2.72. The molecule has 0 aliphatic carbocycles. The van der Waals surface area contributed by atoms with Gasteiger partial charge in [0.05, 0.1) is 32.1 Å². The SMILES string of the molecule is COC(=O)[C@@H](CO)NC(=O)c1cn(-c2ccccc2)nc1-c1ccccc1OC. The molecule has 8 heteroatoms. The van der Waals surface area contributed by atoms with Crippen LogP contribution in [-0.4, -0.2) is 53.6 Å². The minimum absolute atomic E-state index is 0.223. The Morgan fingerprint density at radius 2 is 1.79 bits per heavy atom. The number of aliphatic hydroxyl groups is 1. The average molecular weight is 395 g/mol. The minimum Gasteiger partial charge on any atom is -0.496 e. The van der Waals surface area contributed by atoms with Gasteiger partial charge in [0.15, 0.2) is 6.04 Å². The number of benzene rings is 2. The average Bonchev–Trinajstić information content (AvgIpc) is 3.22. The fourth-order valence-corrected chi connectivity index (χ4v) is 2.85. The number of amides is 1. The molecule has 0 aliphatic heterocycles. The van der Waals surface area contributed by atoms with E-state index in [1.807, 2.05) is 42.5 Å². The van der Waals surface area contributed by atoms with E-state index in [0.717, 1.165) is 5.69 Å². The van der Waals surface area contributed by atoms with E-state index in [9.17, 15) is 14.7 Å². The van der Waals surface area contributed by atoms with E-state index in [4.69, 9.17) is 4.74 Å². The first-order valence-corrected chi connectivity index (χ1v) is 8.87. The van der Waals surface area contributed by atoms with Gasteiger partial charge in [-0.05, 0) is 24.3 Å². The van der Waals surface area contributed by atoms with Gasteiger partial charge in [-0.25, -0.2) is 9.48 Å². The zero-order valence-corrected chi connectivity index (χ0v) is 16.0. The number of esters is 1. The molecule has 0 aliphatic rings. The second kappa shape index (κ2) is 9.03. The zero-order valence-electron chi connectivity index (χ0n) is 16.0. The molecule has 1 amide bonds. The number of aromatic nitrogens is 2. The van der Waals surface area contributed by atoms with Crippen LogP contribution in [0.2, 0.25) is 0 Å². The Labute approximate surface area is 167 Å². The Balaban J connectivity index is 2.08. The Morgan fingerprint density at radius 1 is 1.10 bits per heavy atom. The van der Waals surface area contributed by atoms with Crippen molar-refractivity contribution in [2.75, 3.05) is 20.8 Å². The van der Waals surface area contributed by atoms with Crippen LogP contribution in [-0.2, 0) is 9.53 Å². The van der Waals surface area contributed by atoms with Crippen molar-refractivity contribution in [1.29, 1.82) is 0 Å². The van der Waals surface area contributed by atoms with Crippen molar-refractivity contribution in [1.82, 2.24) is 15.1 Å². The fourth-order valence-electron chi connectivity index (χ4n) is 2.85. The third kappa shape index (κ3) is 4.27. The maximum atomic E-state index is 12.9. The number of carbonyl (C=O) groups excluding carboxylic acids is 2. The normalized spacial score (nSPS) is 11.6. The number of methoxy groups -OCH3 is 2. The van der Waals surface area contributed by atoms with E-state index in [1.54, 1.807) is 23.0 Å². The fraction of sp³-hybridized carbons (Fsp3) is 0.190. The molecule has 0 fully saturated rings. The molecule has 3 aromatic rings. The third-order valence-electron chi connectivity index (χ3n) is 4.32. The van der Waals surface area contributed by atoms with E-state index in [0.29, 0.717) is 17.0 Å². The van der Waals surface area contributed by atoms with E-state index in [1.165, 1.54) is 14.2 Å². The number of rotatable bonds is 7. The lowest BCUT2D eigenvalue weighted by atomic mass is 10.1. The predicted molar refractivity (Wildman–Crippen MR) is 106 cm³/mol. The Kier molecular flexibility index (Phi) is 6.25. The first kappa shape index (κ1) is 20.1. The van der Waals surface area contributed by atoms with Gasteiger partial charge in [0, 0.05) is 11.8 Å². The number of aliphatic hydroxyl groups excluding tert-OH is 1. The van der Waals surface area contributed by atoms with Gasteiger partial charge in [0.1, 0.15) is 11.4 Å². The maximum absolute atomic E-state index is 12.9. The summed E-state index contributed by atoms with van der Waals surface area (Å²) in [6, 6.07) is 15.3. The summed E-state index contributed by atoms with van der Waals surface area (Å²) in [6.07, 6.45) is 1.57. The second-order valence-corrected chi connectivity index (χ2v) is 6.10. The summed E-state index contributed by atoms with van der Waals surface area (Å²) in [6.45, 7) is -0.588. The molecule has 0 radical (unpaired) electrons. The van der Waals surface area contributed by atoms with Crippen LogP contribution in [0.4, 0.5) is 0 Å². The number of para-hydroxylation sites is 2. The van der Waals surface area contributed by atoms with Gasteiger partial charge in [-0.1, -0.05) is 30.3 Å². The van der Waals surface area contributed by atoms with Crippen LogP contribution in [0.15, 0.2) is 60.8 Å². The molecule has 2 N–H and O–H groups in total. The quantitative estimate of drug-likeness (QED) is 0.592. The lowest BCUT2D eigenvalue weighted by Crippen LogP contribution is -2.44. The van der Waals surface area contributed by atoms with Crippen LogP contribution >= 0.6 is 0 Å². The number of hydrogen-bond donors (Lipinski definition) is 2. The monoisotopic (exact) mass is 395 g/mol. The summed E-state index contributed by atoms with van der Waals surface area (Å²) >= 11 is 0. The van der Waals surface area contributed by atoms with Crippen LogP contribution in [0.3, 0.4) is 0 Å². The lowest BCUT2D eigenvalue weighted by molar-refractivity contribution is -0.143. The van der Waals surface area contributed by atoms with E-state index in [2.05, 4.69) is 15.2 Å². The van der Waals surface area contributed by atoms with E-state index in [-0.39, 0.29) is 5.56 Å². The molecular formula is C21H21N3O5. The first-order chi connectivity index (χ1) is 14.1. The number of hydrogen-bond acceptors (Lipinski definition) is 6. The zero-order chi connectivity index (χ0) is 20.8. The van der Waals surface area contributed by atoms with Crippen molar-refractivity contribution >= 4 is 11.9 Å². The topological polar surface area (TPSA) is 103 Å². The first-order valence-electron chi connectivity index (χ1n) is 8.87. The van der Waals surface area contributed by atoms with Crippen LogP contribution < -0.4 is 10.1 Å². The van der Waals surface area contributed by atoms with Crippen molar-refractivity contribution in [3.8, 4) is 22.7 Å². The molecular weight excluding hydrogens is 374 g/mol. The van der Waals surface area contributed by atoms with Crippen molar-refractivity contribution in [2.45, 2.75) is 6.04 Å². The molecule has 1 aromatic heterocycles. The molecule has 1 atom stereocenters. The molecule has 0 saturated heterocycles. The van der Waals surface area contributed by atoms with Gasteiger partial charge < -0.3 is 19.9 Å². The highest BCUT2D eigenvalue weighted by atomic mass is 16.5. The molecule has 0 unspecified atom stereocenters. The summed E-state index contributed by atoms with van der Waals surface area (Å²) in [5, 5.41) is 16.5. The highest BCUT2D eigenvalue weighted by Crippen LogP contribution is 2.31. The molecule has 8 nitrogen and oxygen atoms in total. The summed E-state index contributed by atoms with van der Waals surface area (Å²) in [5.74, 6) is -0.765. The maximum Gasteiger partial charge on any atom is 0.330 e. The molecule has 3 rings (SSSR count). The van der Waals surface area contributed by atoms with Crippen molar-refractivity contribution in [3.05, 3.63) is 66.4 Å². The lowest BCUT2D eigenvalue weighted by Gasteiger charge is -2.14. The molecule has 0 bridgehead atoms. The number of nitrogens with one attached hydrogen (secondary N) is 1.